The van der Waals surface area contributed by atoms with Gasteiger partial charge in [-0.05, 0) is 12.3 Å². The van der Waals surface area contributed by atoms with Gasteiger partial charge in [-0.15, -0.1) is 0 Å². The van der Waals surface area contributed by atoms with Crippen LogP contribution in [-0.2, 0) is 4.79 Å². The van der Waals surface area contributed by atoms with Crippen molar-refractivity contribution in [2.75, 3.05) is 13.1 Å². The molecule has 0 bridgehead atoms. The van der Waals surface area contributed by atoms with E-state index in [2.05, 4.69) is 15.6 Å². The van der Waals surface area contributed by atoms with Crippen LogP contribution in [0, 0.1) is 0 Å². The molecule has 2 rings (SSSR count). The maximum absolute atomic E-state index is 12.0. The molecule has 0 aliphatic heterocycles. The van der Waals surface area contributed by atoms with Crippen LogP contribution < -0.4 is 10.6 Å². The fraction of sp³-hybridized carbons (Fsp3) is 0.214. The molecule has 0 aliphatic rings. The molecule has 0 spiro atoms. The molecule has 1 aromatic carbocycles. The summed E-state index contributed by atoms with van der Waals surface area (Å²) in [7, 11) is 0. The number of aromatic nitrogens is 1. The fourth-order valence-corrected chi connectivity index (χ4v) is 1.81. The molecule has 5 heteroatoms. The molecule has 2 amide bonds. The summed E-state index contributed by atoms with van der Waals surface area (Å²) < 4.78 is 0. The lowest BCUT2D eigenvalue weighted by Crippen LogP contribution is -2.36. The van der Waals surface area contributed by atoms with Crippen molar-refractivity contribution in [3.8, 4) is 0 Å². The van der Waals surface area contributed by atoms with Gasteiger partial charge >= 0.3 is 0 Å². The Morgan fingerprint density at radius 3 is 2.74 bits per heavy atom. The van der Waals surface area contributed by atoms with Gasteiger partial charge in [-0.2, -0.15) is 0 Å². The molecule has 0 atom stereocenters. The number of fused-ring (bicyclic) bond motifs is 1. The monoisotopic (exact) mass is 257 g/mol. The number of nitrogens with zero attached hydrogens (tertiary/aromatic N) is 1. The highest BCUT2D eigenvalue weighted by molar-refractivity contribution is 6.07. The van der Waals surface area contributed by atoms with E-state index < -0.39 is 0 Å². The summed E-state index contributed by atoms with van der Waals surface area (Å²) >= 11 is 0. The quantitative estimate of drug-likeness (QED) is 0.861. The van der Waals surface area contributed by atoms with Crippen molar-refractivity contribution in [3.05, 3.63) is 42.2 Å². The fourth-order valence-electron chi connectivity index (χ4n) is 1.81. The van der Waals surface area contributed by atoms with E-state index in [0.29, 0.717) is 12.1 Å². The first-order valence-corrected chi connectivity index (χ1v) is 6.10. The average molecular weight is 257 g/mol. The molecule has 1 aromatic heterocycles. The van der Waals surface area contributed by atoms with Gasteiger partial charge in [0.25, 0.3) is 5.91 Å². The van der Waals surface area contributed by atoms with Crippen LogP contribution in [0.2, 0.25) is 0 Å². The van der Waals surface area contributed by atoms with Gasteiger partial charge in [0.05, 0.1) is 12.1 Å². The van der Waals surface area contributed by atoms with Gasteiger partial charge in [0.15, 0.2) is 0 Å². The van der Waals surface area contributed by atoms with Crippen molar-refractivity contribution >= 4 is 22.6 Å². The smallest absolute Gasteiger partial charge is 0.253 e. The predicted molar refractivity (Wildman–Crippen MR) is 72.8 cm³/mol. The Labute approximate surface area is 111 Å². The van der Waals surface area contributed by atoms with E-state index in [0.717, 1.165) is 10.8 Å². The summed E-state index contributed by atoms with van der Waals surface area (Å²) in [6.45, 7) is 2.34. The van der Waals surface area contributed by atoms with Crippen LogP contribution in [0.1, 0.15) is 17.3 Å². The van der Waals surface area contributed by atoms with E-state index >= 15 is 0 Å². The highest BCUT2D eigenvalue weighted by Crippen LogP contribution is 2.16. The van der Waals surface area contributed by atoms with Crippen molar-refractivity contribution in [2.45, 2.75) is 6.92 Å². The predicted octanol–water partition coefficient (Wildman–Crippen LogP) is 1.10. The number of benzene rings is 1. The molecule has 5 nitrogen and oxygen atoms in total. The van der Waals surface area contributed by atoms with Crippen molar-refractivity contribution in [3.63, 3.8) is 0 Å². The Kier molecular flexibility index (Phi) is 4.07. The third-order valence-electron chi connectivity index (χ3n) is 2.70. The largest absolute Gasteiger partial charge is 0.355 e. The van der Waals surface area contributed by atoms with Crippen molar-refractivity contribution in [1.29, 1.82) is 0 Å². The highest BCUT2D eigenvalue weighted by Gasteiger charge is 2.11. The Bertz CT molecular complexity index is 605. The Balaban J connectivity index is 2.15. The van der Waals surface area contributed by atoms with E-state index in [1.165, 1.54) is 6.20 Å². The van der Waals surface area contributed by atoms with Gasteiger partial charge in [-0.1, -0.05) is 24.3 Å². The van der Waals surface area contributed by atoms with Gasteiger partial charge in [0.1, 0.15) is 0 Å². The summed E-state index contributed by atoms with van der Waals surface area (Å²) in [5.41, 5.74) is 0.474. The molecule has 2 aromatic rings. The lowest BCUT2D eigenvalue weighted by Gasteiger charge is -2.07. The first-order chi connectivity index (χ1) is 9.22. The summed E-state index contributed by atoms with van der Waals surface area (Å²) in [6.07, 6.45) is 3.21. The zero-order chi connectivity index (χ0) is 13.7. The zero-order valence-corrected chi connectivity index (χ0v) is 10.6. The average Bonchev–Trinajstić information content (AvgIpc) is 2.44. The number of likely N-dealkylation sites (N-methyl/N-ethyl adjacent to an activating group) is 1. The van der Waals surface area contributed by atoms with Gasteiger partial charge in [-0.25, -0.2) is 0 Å². The summed E-state index contributed by atoms with van der Waals surface area (Å²) in [5, 5.41) is 6.93. The normalized spacial score (nSPS) is 10.2. The Hall–Kier alpha value is -2.43. The standard InChI is InChI=1S/C14H15N3O2/c1-2-16-13(18)9-17-14(19)12-8-15-7-10-5-3-4-6-11(10)12/h3-8H,2,9H2,1H3,(H,16,18)(H,17,19). The van der Waals surface area contributed by atoms with Crippen LogP contribution in [0.3, 0.4) is 0 Å². The van der Waals surface area contributed by atoms with Crippen molar-refractivity contribution in [2.24, 2.45) is 0 Å². The number of carbonyl (C=O) groups is 2. The lowest BCUT2D eigenvalue weighted by molar-refractivity contribution is -0.120. The number of hydrogen-bond donors (Lipinski definition) is 2. The van der Waals surface area contributed by atoms with E-state index in [1.54, 1.807) is 6.20 Å². The van der Waals surface area contributed by atoms with E-state index in [1.807, 2.05) is 31.2 Å². The number of carbonyl (C=O) groups excluding carboxylic acids is 2. The van der Waals surface area contributed by atoms with E-state index in [9.17, 15) is 9.59 Å². The molecular weight excluding hydrogens is 242 g/mol. The van der Waals surface area contributed by atoms with Gasteiger partial charge in [0, 0.05) is 24.3 Å². The zero-order valence-electron chi connectivity index (χ0n) is 10.6. The maximum atomic E-state index is 12.0. The molecule has 19 heavy (non-hydrogen) atoms. The molecule has 0 saturated heterocycles. The van der Waals surface area contributed by atoms with Crippen LogP contribution in [0.4, 0.5) is 0 Å². The first-order valence-electron chi connectivity index (χ1n) is 6.10. The molecular formula is C14H15N3O2. The Morgan fingerprint density at radius 1 is 1.16 bits per heavy atom. The first kappa shape index (κ1) is 13.0. The van der Waals surface area contributed by atoms with Crippen LogP contribution in [0.25, 0.3) is 10.8 Å². The van der Waals surface area contributed by atoms with Gasteiger partial charge < -0.3 is 10.6 Å². The number of pyridine rings is 1. The van der Waals surface area contributed by atoms with Crippen LogP contribution in [-0.4, -0.2) is 29.9 Å². The second-order valence-electron chi connectivity index (χ2n) is 4.04. The van der Waals surface area contributed by atoms with Crippen LogP contribution in [0.5, 0.6) is 0 Å². The Morgan fingerprint density at radius 2 is 1.95 bits per heavy atom. The van der Waals surface area contributed by atoms with E-state index in [-0.39, 0.29) is 18.4 Å². The van der Waals surface area contributed by atoms with Gasteiger partial charge in [0.2, 0.25) is 5.91 Å². The van der Waals surface area contributed by atoms with Crippen molar-refractivity contribution in [1.82, 2.24) is 15.6 Å². The van der Waals surface area contributed by atoms with Crippen molar-refractivity contribution < 1.29 is 9.59 Å². The lowest BCUT2D eigenvalue weighted by atomic mass is 10.1. The molecule has 0 unspecified atom stereocenters. The number of rotatable bonds is 4. The number of amides is 2. The minimum atomic E-state index is -0.296. The molecule has 0 aliphatic carbocycles. The molecule has 1 heterocycles. The molecule has 98 valence electrons. The minimum Gasteiger partial charge on any atom is -0.355 e. The minimum absolute atomic E-state index is 0.0319. The number of hydrogen-bond acceptors (Lipinski definition) is 3. The SMILES string of the molecule is CCNC(=O)CNC(=O)c1cncc2ccccc12. The van der Waals surface area contributed by atoms with Crippen LogP contribution in [0.15, 0.2) is 36.7 Å². The number of nitrogens with one attached hydrogen (secondary N) is 2. The van der Waals surface area contributed by atoms with Crippen LogP contribution >= 0.6 is 0 Å². The molecule has 0 fully saturated rings. The third kappa shape index (κ3) is 3.07. The van der Waals surface area contributed by atoms with Gasteiger partial charge in [-0.3, -0.25) is 14.6 Å². The highest BCUT2D eigenvalue weighted by atomic mass is 16.2. The summed E-state index contributed by atoms with van der Waals surface area (Å²) in [5.74, 6) is -0.500. The summed E-state index contributed by atoms with van der Waals surface area (Å²) in [4.78, 5) is 27.4. The molecule has 0 radical (unpaired) electrons. The molecule has 2 N–H and O–H groups in total. The second-order valence-corrected chi connectivity index (χ2v) is 4.04. The topological polar surface area (TPSA) is 71.1 Å². The molecule has 0 saturated carbocycles. The third-order valence-corrected chi connectivity index (χ3v) is 2.70. The summed E-state index contributed by atoms with van der Waals surface area (Å²) in [6, 6.07) is 7.50. The second kappa shape index (κ2) is 5.95. The van der Waals surface area contributed by atoms with E-state index in [4.69, 9.17) is 0 Å². The maximum Gasteiger partial charge on any atom is 0.253 e.